The minimum Gasteiger partial charge on any atom is -0.349 e. The molecule has 0 saturated carbocycles. The Morgan fingerprint density at radius 2 is 1.83 bits per heavy atom. The Balaban J connectivity index is 2.08. The van der Waals surface area contributed by atoms with Crippen LogP contribution >= 0.6 is 11.8 Å². The van der Waals surface area contributed by atoms with E-state index in [0.717, 1.165) is 21.7 Å². The van der Waals surface area contributed by atoms with E-state index in [-0.39, 0.29) is 24.3 Å². The van der Waals surface area contributed by atoms with Gasteiger partial charge >= 0.3 is 0 Å². The van der Waals surface area contributed by atoms with Crippen LogP contribution in [0.5, 0.6) is 0 Å². The van der Waals surface area contributed by atoms with E-state index in [1.54, 1.807) is 11.8 Å². The number of benzene rings is 2. The van der Waals surface area contributed by atoms with Gasteiger partial charge in [-0.15, -0.1) is 11.8 Å². The van der Waals surface area contributed by atoms with Crippen molar-refractivity contribution in [2.45, 2.75) is 31.2 Å². The number of carbonyl (C=O) groups excluding carboxylic acids is 2. The number of hydrogen-bond donors (Lipinski definition) is 2. The van der Waals surface area contributed by atoms with Gasteiger partial charge in [0.15, 0.2) is 0 Å². The van der Waals surface area contributed by atoms with Crippen LogP contribution < -0.4 is 10.6 Å². The summed E-state index contributed by atoms with van der Waals surface area (Å²) >= 11 is 1.62. The summed E-state index contributed by atoms with van der Waals surface area (Å²) in [6.07, 6.45) is 2.18. The summed E-state index contributed by atoms with van der Waals surface area (Å²) < 4.78 is 0. The van der Waals surface area contributed by atoms with Gasteiger partial charge in [-0.1, -0.05) is 35.9 Å². The largest absolute Gasteiger partial charge is 0.349 e. The Kier molecular flexibility index (Phi) is 6.44. The number of thioether (sulfide) groups is 1. The maximum atomic E-state index is 12.4. The van der Waals surface area contributed by atoms with Gasteiger partial charge in [-0.3, -0.25) is 9.59 Å². The summed E-state index contributed by atoms with van der Waals surface area (Å²) in [5, 5.41) is 5.75. The van der Waals surface area contributed by atoms with Crippen molar-refractivity contribution in [2.24, 2.45) is 0 Å². The molecule has 5 heteroatoms. The van der Waals surface area contributed by atoms with E-state index in [0.29, 0.717) is 0 Å². The molecule has 0 radical (unpaired) electrons. The molecule has 2 aromatic carbocycles. The lowest BCUT2D eigenvalue weighted by Crippen LogP contribution is -2.29. The van der Waals surface area contributed by atoms with Crippen LogP contribution in [0.2, 0.25) is 0 Å². The zero-order chi connectivity index (χ0) is 17.5. The van der Waals surface area contributed by atoms with Crippen LogP contribution in [0.15, 0.2) is 53.4 Å². The maximum absolute atomic E-state index is 12.4. The van der Waals surface area contributed by atoms with Gasteiger partial charge < -0.3 is 10.6 Å². The fraction of sp³-hybridized carbons (Fsp3) is 0.263. The van der Waals surface area contributed by atoms with Crippen LogP contribution in [-0.2, 0) is 9.59 Å². The highest BCUT2D eigenvalue weighted by Crippen LogP contribution is 2.21. The summed E-state index contributed by atoms with van der Waals surface area (Å²) in [6, 6.07) is 15.2. The van der Waals surface area contributed by atoms with Crippen molar-refractivity contribution in [1.29, 1.82) is 0 Å². The first kappa shape index (κ1) is 18.1. The molecule has 0 bridgehead atoms. The first-order valence-corrected chi connectivity index (χ1v) is 8.98. The minimum atomic E-state index is -0.341. The number of anilines is 1. The summed E-state index contributed by atoms with van der Waals surface area (Å²) in [5.41, 5.74) is 2.82. The molecular formula is C19H22N2O2S. The predicted octanol–water partition coefficient (Wildman–Crippen LogP) is 3.92. The van der Waals surface area contributed by atoms with Gasteiger partial charge in [0, 0.05) is 17.5 Å². The average molecular weight is 342 g/mol. The summed E-state index contributed by atoms with van der Waals surface area (Å²) in [5.74, 6) is -0.287. The van der Waals surface area contributed by atoms with Crippen molar-refractivity contribution in [3.63, 3.8) is 0 Å². The van der Waals surface area contributed by atoms with Gasteiger partial charge in [0.1, 0.15) is 0 Å². The molecule has 1 atom stereocenters. The predicted molar refractivity (Wildman–Crippen MR) is 99.2 cm³/mol. The molecular weight excluding hydrogens is 320 g/mol. The maximum Gasteiger partial charge on any atom is 0.226 e. The van der Waals surface area contributed by atoms with Crippen molar-refractivity contribution in [1.82, 2.24) is 5.32 Å². The van der Waals surface area contributed by atoms with Gasteiger partial charge in [-0.05, 0) is 36.9 Å². The highest BCUT2D eigenvalue weighted by Gasteiger charge is 2.17. The fourth-order valence-corrected chi connectivity index (χ4v) is 2.85. The lowest BCUT2D eigenvalue weighted by atomic mass is 10.0. The number of rotatable bonds is 6. The number of hydrogen-bond acceptors (Lipinski definition) is 3. The normalized spacial score (nSPS) is 11.6. The fourth-order valence-electron chi connectivity index (χ4n) is 2.39. The van der Waals surface area contributed by atoms with Crippen molar-refractivity contribution in [3.8, 4) is 0 Å². The second kappa shape index (κ2) is 8.55. The first-order chi connectivity index (χ1) is 11.5. The molecule has 0 aliphatic heterocycles. The number of aryl methyl sites for hydroxylation is 1. The Labute approximate surface area is 147 Å². The SMILES string of the molecule is CSc1cccc(NC(=O)C[C@H](NC(C)=O)c2ccc(C)cc2)c1. The van der Waals surface area contributed by atoms with Gasteiger partial charge in [-0.25, -0.2) is 0 Å². The molecule has 0 aliphatic carbocycles. The number of amides is 2. The highest BCUT2D eigenvalue weighted by molar-refractivity contribution is 7.98. The van der Waals surface area contributed by atoms with E-state index in [4.69, 9.17) is 0 Å². The average Bonchev–Trinajstić information content (AvgIpc) is 2.54. The molecule has 24 heavy (non-hydrogen) atoms. The minimum absolute atomic E-state index is 0.132. The third-order valence-electron chi connectivity index (χ3n) is 3.60. The molecule has 0 aromatic heterocycles. The Morgan fingerprint density at radius 1 is 1.12 bits per heavy atom. The van der Waals surface area contributed by atoms with Crippen molar-refractivity contribution in [2.75, 3.05) is 11.6 Å². The van der Waals surface area contributed by atoms with Crippen molar-refractivity contribution < 1.29 is 9.59 Å². The van der Waals surface area contributed by atoms with E-state index in [2.05, 4.69) is 10.6 Å². The summed E-state index contributed by atoms with van der Waals surface area (Å²) in [6.45, 7) is 3.46. The molecule has 4 nitrogen and oxygen atoms in total. The molecule has 2 rings (SSSR count). The zero-order valence-corrected chi connectivity index (χ0v) is 14.9. The second-order valence-electron chi connectivity index (χ2n) is 5.65. The molecule has 0 saturated heterocycles. The lowest BCUT2D eigenvalue weighted by molar-refractivity contribution is -0.120. The molecule has 2 aromatic rings. The van der Waals surface area contributed by atoms with Crippen LogP contribution in [0.25, 0.3) is 0 Å². The standard InChI is InChI=1S/C19H22N2O2S/c1-13-7-9-15(10-8-13)18(20-14(2)22)12-19(23)21-16-5-4-6-17(11-16)24-3/h4-11,18H,12H2,1-3H3,(H,20,22)(H,21,23)/t18-/m0/s1. The van der Waals surface area contributed by atoms with Crippen molar-refractivity contribution >= 4 is 29.3 Å². The second-order valence-corrected chi connectivity index (χ2v) is 6.53. The van der Waals surface area contributed by atoms with Crippen LogP contribution in [0.3, 0.4) is 0 Å². The van der Waals surface area contributed by atoms with E-state index < -0.39 is 0 Å². The smallest absolute Gasteiger partial charge is 0.226 e. The van der Waals surface area contributed by atoms with Gasteiger partial charge in [0.05, 0.1) is 12.5 Å². The molecule has 2 amide bonds. The van der Waals surface area contributed by atoms with E-state index in [1.807, 2.05) is 61.7 Å². The van der Waals surface area contributed by atoms with E-state index >= 15 is 0 Å². The molecule has 0 aliphatic rings. The Morgan fingerprint density at radius 3 is 2.46 bits per heavy atom. The number of nitrogens with one attached hydrogen (secondary N) is 2. The lowest BCUT2D eigenvalue weighted by Gasteiger charge is -2.18. The third-order valence-corrected chi connectivity index (χ3v) is 4.33. The summed E-state index contributed by atoms with van der Waals surface area (Å²) in [7, 11) is 0. The quantitative estimate of drug-likeness (QED) is 0.782. The van der Waals surface area contributed by atoms with Crippen LogP contribution in [0.1, 0.15) is 30.5 Å². The van der Waals surface area contributed by atoms with Gasteiger partial charge in [0.2, 0.25) is 11.8 Å². The molecule has 0 heterocycles. The summed E-state index contributed by atoms with van der Waals surface area (Å²) in [4.78, 5) is 24.9. The van der Waals surface area contributed by atoms with Crippen LogP contribution in [0.4, 0.5) is 5.69 Å². The molecule has 2 N–H and O–H groups in total. The Bertz CT molecular complexity index is 714. The van der Waals surface area contributed by atoms with Gasteiger partial charge in [-0.2, -0.15) is 0 Å². The van der Waals surface area contributed by atoms with Crippen LogP contribution in [0, 0.1) is 6.92 Å². The van der Waals surface area contributed by atoms with Gasteiger partial charge in [0.25, 0.3) is 0 Å². The third kappa shape index (κ3) is 5.42. The zero-order valence-electron chi connectivity index (χ0n) is 14.1. The Hall–Kier alpha value is -2.27. The molecule has 0 spiro atoms. The molecule has 0 fully saturated rings. The van der Waals surface area contributed by atoms with E-state index in [9.17, 15) is 9.59 Å². The number of carbonyl (C=O) groups is 2. The van der Waals surface area contributed by atoms with Crippen molar-refractivity contribution in [3.05, 3.63) is 59.7 Å². The topological polar surface area (TPSA) is 58.2 Å². The molecule has 126 valence electrons. The molecule has 0 unspecified atom stereocenters. The monoisotopic (exact) mass is 342 g/mol. The van der Waals surface area contributed by atoms with Crippen LogP contribution in [-0.4, -0.2) is 18.1 Å². The van der Waals surface area contributed by atoms with E-state index in [1.165, 1.54) is 6.92 Å². The first-order valence-electron chi connectivity index (χ1n) is 7.75. The highest BCUT2D eigenvalue weighted by atomic mass is 32.2.